The third-order valence-corrected chi connectivity index (χ3v) is 3.69. The lowest BCUT2D eigenvalue weighted by molar-refractivity contribution is 0.326. The topological polar surface area (TPSA) is 15.3 Å². The summed E-state index contributed by atoms with van der Waals surface area (Å²) in [6.45, 7) is 7.40. The Labute approximate surface area is 103 Å². The van der Waals surface area contributed by atoms with Crippen LogP contribution in [0.1, 0.15) is 39.0 Å². The zero-order valence-electron chi connectivity index (χ0n) is 9.97. The summed E-state index contributed by atoms with van der Waals surface area (Å²) in [5, 5.41) is 4.75. The molecule has 1 heterocycles. The van der Waals surface area contributed by atoms with E-state index in [-0.39, 0.29) is 0 Å². The fourth-order valence-corrected chi connectivity index (χ4v) is 2.75. The van der Waals surface area contributed by atoms with Gasteiger partial charge in [-0.1, -0.05) is 22.9 Å². The molecule has 0 bridgehead atoms. The monoisotopic (exact) mass is 276 g/mol. The summed E-state index contributed by atoms with van der Waals surface area (Å²) in [5.74, 6) is 0. The maximum atomic E-state index is 3.64. The summed E-state index contributed by atoms with van der Waals surface area (Å²) >= 11 is 3.51. The molecule has 1 saturated heterocycles. The highest BCUT2D eigenvalue weighted by molar-refractivity contribution is 9.09. The second-order valence-corrected chi connectivity index (χ2v) is 5.23. The maximum absolute atomic E-state index is 3.64. The molecule has 1 N–H and O–H groups in total. The molecular formula is C12H25BrN2. The van der Waals surface area contributed by atoms with E-state index in [1.54, 1.807) is 0 Å². The molecule has 90 valence electrons. The normalized spacial score (nSPS) is 19.6. The van der Waals surface area contributed by atoms with Crippen LogP contribution in [0.25, 0.3) is 0 Å². The first-order valence-corrected chi connectivity index (χ1v) is 7.50. The van der Waals surface area contributed by atoms with Crippen LogP contribution in [0.2, 0.25) is 0 Å². The molecule has 1 rings (SSSR count). The van der Waals surface area contributed by atoms with Crippen molar-refractivity contribution in [1.82, 2.24) is 10.2 Å². The van der Waals surface area contributed by atoms with E-state index in [9.17, 15) is 0 Å². The molecule has 1 unspecified atom stereocenters. The minimum Gasteiger partial charge on any atom is -0.314 e. The molecule has 0 aromatic rings. The van der Waals surface area contributed by atoms with Crippen molar-refractivity contribution in [2.45, 2.75) is 45.1 Å². The van der Waals surface area contributed by atoms with Gasteiger partial charge in [-0.25, -0.2) is 0 Å². The number of rotatable bonds is 8. The fourth-order valence-electron chi connectivity index (χ4n) is 2.20. The van der Waals surface area contributed by atoms with Gasteiger partial charge in [0.2, 0.25) is 0 Å². The smallest absolute Gasteiger partial charge is 0.00724 e. The van der Waals surface area contributed by atoms with Crippen LogP contribution in [-0.2, 0) is 0 Å². The van der Waals surface area contributed by atoms with E-state index >= 15 is 0 Å². The number of nitrogens with one attached hydrogen (secondary N) is 1. The Morgan fingerprint density at radius 3 is 2.67 bits per heavy atom. The Kier molecular flexibility index (Phi) is 7.67. The third-order valence-electron chi connectivity index (χ3n) is 3.23. The molecule has 1 fully saturated rings. The quantitative estimate of drug-likeness (QED) is 0.542. The van der Waals surface area contributed by atoms with E-state index in [1.807, 2.05) is 0 Å². The Hall–Kier alpha value is 0.400. The lowest BCUT2D eigenvalue weighted by atomic mass is 10.2. The number of hydrogen-bond donors (Lipinski definition) is 1. The second kappa shape index (κ2) is 8.54. The summed E-state index contributed by atoms with van der Waals surface area (Å²) in [6.07, 6.45) is 6.62. The van der Waals surface area contributed by atoms with E-state index in [0.717, 1.165) is 5.33 Å². The zero-order chi connectivity index (χ0) is 10.9. The van der Waals surface area contributed by atoms with Crippen LogP contribution in [0.15, 0.2) is 0 Å². The van der Waals surface area contributed by atoms with Gasteiger partial charge < -0.3 is 10.2 Å². The van der Waals surface area contributed by atoms with E-state index in [1.165, 1.54) is 58.3 Å². The molecule has 3 heteroatoms. The zero-order valence-corrected chi connectivity index (χ0v) is 11.6. The summed E-state index contributed by atoms with van der Waals surface area (Å²) in [7, 11) is 0. The summed E-state index contributed by atoms with van der Waals surface area (Å²) in [5.41, 5.74) is 0. The second-order valence-electron chi connectivity index (χ2n) is 4.44. The number of halogens is 1. The highest BCUT2D eigenvalue weighted by Gasteiger charge is 2.10. The molecule has 0 saturated carbocycles. The van der Waals surface area contributed by atoms with Crippen LogP contribution < -0.4 is 5.32 Å². The van der Waals surface area contributed by atoms with Crippen molar-refractivity contribution in [2.75, 3.05) is 31.5 Å². The third kappa shape index (κ3) is 5.88. The Bertz CT molecular complexity index is 147. The average molecular weight is 277 g/mol. The van der Waals surface area contributed by atoms with E-state index < -0.39 is 0 Å². The fraction of sp³-hybridized carbons (Fsp3) is 1.00. The number of nitrogens with zero attached hydrogens (tertiary/aromatic N) is 1. The van der Waals surface area contributed by atoms with E-state index in [2.05, 4.69) is 33.1 Å². The SMILES string of the molecule is CCC(CCBr)NCCCN1CCCC1. The lowest BCUT2D eigenvalue weighted by Gasteiger charge is -2.18. The Balaban J connectivity index is 1.94. The van der Waals surface area contributed by atoms with Gasteiger partial charge in [0.05, 0.1) is 0 Å². The summed E-state index contributed by atoms with van der Waals surface area (Å²) in [4.78, 5) is 2.59. The average Bonchev–Trinajstić information content (AvgIpc) is 2.75. The van der Waals surface area contributed by atoms with Gasteiger partial charge in [-0.2, -0.15) is 0 Å². The molecule has 1 atom stereocenters. The molecular weight excluding hydrogens is 252 g/mol. The molecule has 1 aliphatic heterocycles. The van der Waals surface area contributed by atoms with Crippen molar-refractivity contribution in [3.05, 3.63) is 0 Å². The van der Waals surface area contributed by atoms with Gasteiger partial charge in [0, 0.05) is 11.4 Å². The largest absolute Gasteiger partial charge is 0.314 e. The van der Waals surface area contributed by atoms with Crippen molar-refractivity contribution in [3.8, 4) is 0 Å². The molecule has 0 aromatic heterocycles. The van der Waals surface area contributed by atoms with Crippen LogP contribution in [-0.4, -0.2) is 42.5 Å². The van der Waals surface area contributed by atoms with Gasteiger partial charge in [-0.15, -0.1) is 0 Å². The van der Waals surface area contributed by atoms with Crippen LogP contribution in [0.5, 0.6) is 0 Å². The number of hydrogen-bond acceptors (Lipinski definition) is 2. The van der Waals surface area contributed by atoms with Gasteiger partial charge in [0.1, 0.15) is 0 Å². The predicted molar refractivity (Wildman–Crippen MR) is 70.8 cm³/mol. The van der Waals surface area contributed by atoms with Crippen molar-refractivity contribution in [3.63, 3.8) is 0 Å². The Morgan fingerprint density at radius 1 is 1.33 bits per heavy atom. The minimum atomic E-state index is 0.711. The van der Waals surface area contributed by atoms with Gasteiger partial charge >= 0.3 is 0 Å². The van der Waals surface area contributed by atoms with Crippen molar-refractivity contribution < 1.29 is 0 Å². The van der Waals surface area contributed by atoms with Crippen LogP contribution in [0.4, 0.5) is 0 Å². The van der Waals surface area contributed by atoms with Crippen LogP contribution in [0, 0.1) is 0 Å². The molecule has 0 aromatic carbocycles. The number of likely N-dealkylation sites (tertiary alicyclic amines) is 1. The first-order valence-electron chi connectivity index (χ1n) is 6.38. The van der Waals surface area contributed by atoms with Crippen molar-refractivity contribution in [2.24, 2.45) is 0 Å². The molecule has 0 amide bonds. The van der Waals surface area contributed by atoms with Gasteiger partial charge in [-0.3, -0.25) is 0 Å². The Morgan fingerprint density at radius 2 is 2.07 bits per heavy atom. The summed E-state index contributed by atoms with van der Waals surface area (Å²) in [6, 6.07) is 0.711. The predicted octanol–water partition coefficient (Wildman–Crippen LogP) is 2.63. The van der Waals surface area contributed by atoms with E-state index in [4.69, 9.17) is 0 Å². The first-order chi connectivity index (χ1) is 7.36. The molecule has 2 nitrogen and oxygen atoms in total. The lowest BCUT2D eigenvalue weighted by Crippen LogP contribution is -2.32. The molecule has 0 aliphatic carbocycles. The van der Waals surface area contributed by atoms with Crippen molar-refractivity contribution >= 4 is 15.9 Å². The first kappa shape index (κ1) is 13.5. The number of alkyl halides is 1. The van der Waals surface area contributed by atoms with Gasteiger partial charge in [-0.05, 0) is 58.3 Å². The van der Waals surface area contributed by atoms with E-state index in [0.29, 0.717) is 6.04 Å². The molecule has 0 spiro atoms. The molecule has 15 heavy (non-hydrogen) atoms. The maximum Gasteiger partial charge on any atom is 0.00724 e. The molecule has 0 radical (unpaired) electrons. The van der Waals surface area contributed by atoms with Crippen LogP contribution >= 0.6 is 15.9 Å². The molecule has 1 aliphatic rings. The highest BCUT2D eigenvalue weighted by Crippen LogP contribution is 2.07. The summed E-state index contributed by atoms with van der Waals surface area (Å²) < 4.78 is 0. The van der Waals surface area contributed by atoms with Crippen LogP contribution in [0.3, 0.4) is 0 Å². The van der Waals surface area contributed by atoms with Crippen molar-refractivity contribution in [1.29, 1.82) is 0 Å². The van der Waals surface area contributed by atoms with Gasteiger partial charge in [0.15, 0.2) is 0 Å². The highest BCUT2D eigenvalue weighted by atomic mass is 79.9. The standard InChI is InChI=1S/C12H25BrN2/c1-2-12(6-7-13)14-8-5-11-15-9-3-4-10-15/h12,14H,2-11H2,1H3. The van der Waals surface area contributed by atoms with Gasteiger partial charge in [0.25, 0.3) is 0 Å². The minimum absolute atomic E-state index is 0.711.